The number of carbonyl (C=O) groups is 3. The quantitative estimate of drug-likeness (QED) is 0.106. The van der Waals surface area contributed by atoms with Crippen LogP contribution in [0.1, 0.15) is 90.5 Å². The van der Waals surface area contributed by atoms with Crippen LogP contribution < -0.4 is 33.9 Å². The van der Waals surface area contributed by atoms with Crippen molar-refractivity contribution < 1.29 is 58.1 Å². The fraction of sp³-hybridized carbons (Fsp3) is 0.625. The molecule has 24 nitrogen and oxygen atoms in total. The van der Waals surface area contributed by atoms with Gasteiger partial charge in [-0.15, -0.1) is 0 Å². The summed E-state index contributed by atoms with van der Waals surface area (Å²) in [6.45, 7) is 16.2. The third-order valence-electron chi connectivity index (χ3n) is 10.5. The molecule has 3 saturated heterocycles. The van der Waals surface area contributed by atoms with Crippen LogP contribution in [-0.4, -0.2) is 118 Å². The standard InChI is InChI=1S/C14H20N2O5.C11H18O5.C10H15N3O5.C5H6N2O2/c1-5-10-8(3)11(20-9(4)17)13(21-10)16-6-7(2)12(18)15-14(16)19;1-5-9-6(2)10(14-7(3)12)11(16-9)15-8(4)13;1-4-2-13(10(17)12-8(4)11)9-7(16)6(15)5(3-14)18-9;1-3-2-6-5(9)7-4(3)8/h6,8,10-11,13H,5H2,1-4H3,(H,15,18,19);6,9-11H,5H2,1-4H3;2,5-7,9,14-16H,3H2,1H3,(H2,11,12,17);2H,1H3,(H2,6,7,8,9)/t8-,10+,11?,13+;6-,9+,10?,11+;5-,6+,7?,9-;/m001./s1. The zero-order valence-corrected chi connectivity index (χ0v) is 37.3. The number of carbonyl (C=O) groups excluding carboxylic acids is 3. The summed E-state index contributed by atoms with van der Waals surface area (Å²) in [5.41, 5.74) is 4.45. The lowest BCUT2D eigenvalue weighted by atomic mass is 9.98. The summed E-state index contributed by atoms with van der Waals surface area (Å²) in [4.78, 5) is 99.4. The van der Waals surface area contributed by atoms with Crippen LogP contribution in [0.15, 0.2) is 42.6 Å². The van der Waals surface area contributed by atoms with Crippen molar-refractivity contribution >= 4 is 23.7 Å². The molecule has 8 N–H and O–H groups in total. The van der Waals surface area contributed by atoms with E-state index in [1.807, 2.05) is 27.7 Å². The van der Waals surface area contributed by atoms with Crippen LogP contribution in [0.25, 0.3) is 0 Å². The van der Waals surface area contributed by atoms with Gasteiger partial charge in [0.15, 0.2) is 24.7 Å². The summed E-state index contributed by atoms with van der Waals surface area (Å²) < 4.78 is 34.4. The Balaban J connectivity index is 0.000000235. The molecule has 356 valence electrons. The van der Waals surface area contributed by atoms with Gasteiger partial charge in [-0.05, 0) is 33.6 Å². The van der Waals surface area contributed by atoms with E-state index in [0.717, 1.165) is 17.4 Å². The number of ether oxygens (including phenoxy) is 6. The largest absolute Gasteiger partial charge is 0.457 e. The molecule has 6 heterocycles. The summed E-state index contributed by atoms with van der Waals surface area (Å²) in [6.07, 6.45) is -1.59. The van der Waals surface area contributed by atoms with Crippen molar-refractivity contribution in [3.63, 3.8) is 0 Å². The van der Waals surface area contributed by atoms with Gasteiger partial charge >= 0.3 is 35.0 Å². The van der Waals surface area contributed by atoms with Gasteiger partial charge in [-0.25, -0.2) is 14.4 Å². The van der Waals surface area contributed by atoms with Crippen LogP contribution in [0.5, 0.6) is 0 Å². The van der Waals surface area contributed by atoms with Gasteiger partial charge in [0.05, 0.1) is 18.8 Å². The van der Waals surface area contributed by atoms with Gasteiger partial charge < -0.3 is 54.5 Å². The van der Waals surface area contributed by atoms with Gasteiger partial charge in [0.2, 0.25) is 6.29 Å². The Morgan fingerprint density at radius 3 is 1.75 bits per heavy atom. The third kappa shape index (κ3) is 13.4. The maximum absolute atomic E-state index is 12.0. The Morgan fingerprint density at radius 2 is 1.23 bits per heavy atom. The minimum atomic E-state index is -1.32. The molecule has 0 saturated carbocycles. The monoisotopic (exact) mass is 909 g/mol. The SMILES string of the molecule is CC[C@H]1O[C@@H](OC(C)=O)C(OC(C)=O)[C@H]1C.CC[C@H]1O[C@@H](n2cc(C)c(=O)[nH]c2=O)C(OC(C)=O)[C@H]1C.Cc1c[nH]c(=O)[nH]c1=O.Cc1cn([C@@H]2O[C@H](CO)[C@H](O)C2O)c(=O)nc1N. The summed E-state index contributed by atoms with van der Waals surface area (Å²) in [6, 6.07) is 0. The fourth-order valence-electron chi connectivity index (χ4n) is 6.94. The van der Waals surface area contributed by atoms with Crippen LogP contribution in [0.2, 0.25) is 0 Å². The van der Waals surface area contributed by atoms with E-state index in [1.54, 1.807) is 20.8 Å². The number of esters is 3. The van der Waals surface area contributed by atoms with E-state index in [1.165, 1.54) is 43.9 Å². The van der Waals surface area contributed by atoms with Gasteiger partial charge in [-0.2, -0.15) is 4.98 Å². The Hall–Kier alpha value is -5.79. The predicted octanol–water partition coefficient (Wildman–Crippen LogP) is -0.911. The lowest BCUT2D eigenvalue weighted by Gasteiger charge is -2.22. The second-order valence-corrected chi connectivity index (χ2v) is 15.4. The zero-order chi connectivity index (χ0) is 48.3. The van der Waals surface area contributed by atoms with Crippen molar-refractivity contribution in [2.24, 2.45) is 11.8 Å². The molecular formula is C40H59N7O17. The molecule has 24 heteroatoms. The van der Waals surface area contributed by atoms with E-state index in [-0.39, 0.29) is 35.4 Å². The molecule has 3 aromatic rings. The lowest BCUT2D eigenvalue weighted by Crippen LogP contribution is -2.38. The number of hydrogen-bond acceptors (Lipinski definition) is 19. The first-order valence-corrected chi connectivity index (χ1v) is 20.4. The highest BCUT2D eigenvalue weighted by Gasteiger charge is 2.47. The molecule has 3 fully saturated rings. The summed E-state index contributed by atoms with van der Waals surface area (Å²) in [7, 11) is 0. The molecular weight excluding hydrogens is 850 g/mol. The van der Waals surface area contributed by atoms with E-state index < -0.39 is 96.4 Å². The average Bonchev–Trinajstić information content (AvgIpc) is 3.80. The normalized spacial score (nSPS) is 28.0. The smallest absolute Gasteiger partial charge is 0.351 e. The first-order valence-electron chi connectivity index (χ1n) is 20.4. The number of nitrogen functional groups attached to an aromatic ring is 1. The average molecular weight is 910 g/mol. The lowest BCUT2D eigenvalue weighted by molar-refractivity contribution is -0.194. The molecule has 3 unspecified atom stereocenters. The highest BCUT2D eigenvalue weighted by molar-refractivity contribution is 5.67. The van der Waals surface area contributed by atoms with Crippen LogP contribution in [0.4, 0.5) is 5.82 Å². The van der Waals surface area contributed by atoms with Gasteiger partial charge in [0.25, 0.3) is 11.1 Å². The number of H-pyrrole nitrogens is 3. The molecule has 3 aromatic heterocycles. The molecule has 12 atom stereocenters. The second kappa shape index (κ2) is 23.2. The number of hydrogen-bond donors (Lipinski definition) is 7. The highest BCUT2D eigenvalue weighted by atomic mass is 16.7. The van der Waals surface area contributed by atoms with Crippen molar-refractivity contribution in [1.82, 2.24) is 29.1 Å². The van der Waals surface area contributed by atoms with Crippen molar-refractivity contribution in [2.75, 3.05) is 12.3 Å². The molecule has 0 bridgehead atoms. The number of nitrogens with one attached hydrogen (secondary N) is 3. The van der Waals surface area contributed by atoms with E-state index in [0.29, 0.717) is 16.7 Å². The van der Waals surface area contributed by atoms with Gasteiger partial charge in [0.1, 0.15) is 24.1 Å². The number of aromatic amines is 3. The van der Waals surface area contributed by atoms with E-state index in [9.17, 15) is 48.6 Å². The Bertz CT molecular complexity index is 2370. The molecule has 6 rings (SSSR count). The topological polar surface area (TPSA) is 349 Å². The van der Waals surface area contributed by atoms with Crippen molar-refractivity contribution in [1.29, 1.82) is 0 Å². The molecule has 0 aromatic carbocycles. The number of aliphatic hydroxyl groups excluding tert-OH is 3. The Labute approximate surface area is 365 Å². The van der Waals surface area contributed by atoms with Crippen LogP contribution in [0, 0.1) is 32.6 Å². The first kappa shape index (κ1) is 52.6. The van der Waals surface area contributed by atoms with Crippen molar-refractivity contribution in [3.05, 3.63) is 87.4 Å². The summed E-state index contributed by atoms with van der Waals surface area (Å²) in [5, 5.41) is 28.4. The minimum Gasteiger partial charge on any atom is -0.457 e. The number of aromatic nitrogens is 6. The molecule has 0 radical (unpaired) electrons. The first-order chi connectivity index (χ1) is 29.9. The van der Waals surface area contributed by atoms with Crippen molar-refractivity contribution in [3.8, 4) is 0 Å². The predicted molar refractivity (Wildman–Crippen MR) is 223 cm³/mol. The van der Waals surface area contributed by atoms with E-state index in [2.05, 4.69) is 19.9 Å². The molecule has 0 amide bonds. The molecule has 3 aliphatic heterocycles. The zero-order valence-electron chi connectivity index (χ0n) is 37.3. The summed E-state index contributed by atoms with van der Waals surface area (Å²) in [5.74, 6) is -1.17. The maximum atomic E-state index is 12.0. The van der Waals surface area contributed by atoms with Gasteiger partial charge in [-0.3, -0.25) is 43.1 Å². The van der Waals surface area contributed by atoms with E-state index in [4.69, 9.17) is 39.3 Å². The number of nitrogens with zero attached hydrogens (tertiary/aromatic N) is 3. The minimum absolute atomic E-state index is 0.0262. The number of aliphatic hydroxyl groups is 3. The van der Waals surface area contributed by atoms with Crippen LogP contribution in [0.3, 0.4) is 0 Å². The summed E-state index contributed by atoms with van der Waals surface area (Å²) >= 11 is 0. The van der Waals surface area contributed by atoms with Gasteiger partial charge in [-0.1, -0.05) is 27.7 Å². The number of rotatable bonds is 8. The Morgan fingerprint density at radius 1 is 0.719 bits per heavy atom. The number of anilines is 1. The number of aryl methyl sites for hydroxylation is 3. The molecule has 64 heavy (non-hydrogen) atoms. The van der Waals surface area contributed by atoms with Crippen LogP contribution in [-0.2, 0) is 42.8 Å². The molecule has 3 aliphatic rings. The molecule has 0 spiro atoms. The van der Waals surface area contributed by atoms with Crippen molar-refractivity contribution in [2.45, 2.75) is 144 Å². The Kier molecular flexibility index (Phi) is 19.1. The third-order valence-corrected chi connectivity index (χ3v) is 10.5. The maximum Gasteiger partial charge on any atom is 0.351 e. The fourth-order valence-corrected chi connectivity index (χ4v) is 6.94. The van der Waals surface area contributed by atoms with Crippen LogP contribution >= 0.6 is 0 Å². The second-order valence-electron chi connectivity index (χ2n) is 15.4. The van der Waals surface area contributed by atoms with Gasteiger partial charge in [0, 0.05) is 67.9 Å². The molecule has 0 aliphatic carbocycles. The highest BCUT2D eigenvalue weighted by Crippen LogP contribution is 2.37. The number of nitrogens with two attached hydrogens (primary N) is 1. The van der Waals surface area contributed by atoms with E-state index >= 15 is 0 Å².